The van der Waals surface area contributed by atoms with Crippen LogP contribution in [0.4, 0.5) is 0 Å². The molecule has 0 N–H and O–H groups in total. The van der Waals surface area contributed by atoms with Crippen molar-refractivity contribution in [1.29, 1.82) is 0 Å². The van der Waals surface area contributed by atoms with Crippen LogP contribution in [0.15, 0.2) is 53.2 Å². The lowest BCUT2D eigenvalue weighted by Gasteiger charge is -2.09. The fourth-order valence-corrected chi connectivity index (χ4v) is 2.73. The molecule has 2 aromatic rings. The third-order valence-electron chi connectivity index (χ3n) is 4.21. The van der Waals surface area contributed by atoms with Gasteiger partial charge in [-0.1, -0.05) is 25.5 Å². The molecule has 0 saturated heterocycles. The molecular formula is C22H23NO5. The molecule has 0 aromatic heterocycles. The van der Waals surface area contributed by atoms with Crippen LogP contribution in [0, 0.1) is 0 Å². The van der Waals surface area contributed by atoms with Gasteiger partial charge in [-0.15, -0.1) is 0 Å². The lowest BCUT2D eigenvalue weighted by atomic mass is 10.1. The number of hydrogen-bond donors (Lipinski definition) is 0. The van der Waals surface area contributed by atoms with E-state index >= 15 is 0 Å². The molecule has 0 spiro atoms. The number of esters is 1. The molecule has 2 aromatic carbocycles. The minimum atomic E-state index is -0.511. The Labute approximate surface area is 164 Å². The number of rotatable bonds is 8. The Hall–Kier alpha value is -3.28. The van der Waals surface area contributed by atoms with Crippen molar-refractivity contribution in [3.63, 3.8) is 0 Å². The largest absolute Gasteiger partial charge is 0.494 e. The van der Waals surface area contributed by atoms with Gasteiger partial charge in [0.2, 0.25) is 5.90 Å². The van der Waals surface area contributed by atoms with Crippen LogP contribution in [0.1, 0.15) is 30.9 Å². The summed E-state index contributed by atoms with van der Waals surface area (Å²) in [6.45, 7) is 2.80. The summed E-state index contributed by atoms with van der Waals surface area (Å²) in [6, 6.07) is 12.7. The molecule has 0 amide bonds. The maximum atomic E-state index is 12.3. The van der Waals surface area contributed by atoms with Gasteiger partial charge in [-0.2, -0.15) is 0 Å². The predicted molar refractivity (Wildman–Crippen MR) is 107 cm³/mol. The van der Waals surface area contributed by atoms with Gasteiger partial charge in [0.05, 0.1) is 20.8 Å². The first-order valence-electron chi connectivity index (χ1n) is 9.13. The minimum Gasteiger partial charge on any atom is -0.494 e. The zero-order chi connectivity index (χ0) is 19.9. The Balaban J connectivity index is 1.82. The summed E-state index contributed by atoms with van der Waals surface area (Å²) in [5.41, 5.74) is 1.58. The second kappa shape index (κ2) is 9.08. The Morgan fingerprint density at radius 3 is 2.54 bits per heavy atom. The first kappa shape index (κ1) is 19.5. The van der Waals surface area contributed by atoms with Crippen LogP contribution in [0.3, 0.4) is 0 Å². The van der Waals surface area contributed by atoms with Crippen molar-refractivity contribution in [2.75, 3.05) is 20.8 Å². The molecule has 0 bridgehead atoms. The third kappa shape index (κ3) is 4.34. The van der Waals surface area contributed by atoms with Crippen molar-refractivity contribution in [1.82, 2.24) is 0 Å². The van der Waals surface area contributed by atoms with Crippen LogP contribution in [-0.2, 0) is 9.53 Å². The van der Waals surface area contributed by atoms with Crippen LogP contribution in [0.2, 0.25) is 0 Å². The number of methoxy groups -OCH3 is 2. The fraction of sp³-hybridized carbons (Fsp3) is 0.273. The maximum absolute atomic E-state index is 12.3. The van der Waals surface area contributed by atoms with Crippen LogP contribution in [-0.4, -0.2) is 32.7 Å². The van der Waals surface area contributed by atoms with Gasteiger partial charge < -0.3 is 18.9 Å². The molecule has 0 saturated carbocycles. The quantitative estimate of drug-likeness (QED) is 0.389. The molecule has 0 fully saturated rings. The highest BCUT2D eigenvalue weighted by molar-refractivity contribution is 6.13. The number of hydrogen-bond acceptors (Lipinski definition) is 6. The summed E-state index contributed by atoms with van der Waals surface area (Å²) < 4.78 is 21.7. The second-order valence-corrected chi connectivity index (χ2v) is 6.15. The normalized spacial score (nSPS) is 14.6. The molecule has 6 heteroatoms. The summed E-state index contributed by atoms with van der Waals surface area (Å²) in [7, 11) is 3.11. The van der Waals surface area contributed by atoms with E-state index in [9.17, 15) is 4.79 Å². The summed E-state index contributed by atoms with van der Waals surface area (Å²) >= 11 is 0. The summed E-state index contributed by atoms with van der Waals surface area (Å²) in [6.07, 6.45) is 3.71. The van der Waals surface area contributed by atoms with E-state index in [2.05, 4.69) is 11.9 Å². The van der Waals surface area contributed by atoms with E-state index in [1.807, 2.05) is 36.4 Å². The van der Waals surface area contributed by atoms with Gasteiger partial charge in [0.1, 0.15) is 5.75 Å². The molecular weight excluding hydrogens is 358 g/mol. The molecule has 1 heterocycles. The Bertz CT molecular complexity index is 900. The zero-order valence-corrected chi connectivity index (χ0v) is 16.2. The Morgan fingerprint density at radius 1 is 1.07 bits per heavy atom. The topological polar surface area (TPSA) is 66.3 Å². The number of para-hydroxylation sites is 1. The van der Waals surface area contributed by atoms with E-state index in [1.54, 1.807) is 26.4 Å². The fourth-order valence-electron chi connectivity index (χ4n) is 2.73. The van der Waals surface area contributed by atoms with Crippen LogP contribution in [0.5, 0.6) is 17.2 Å². The lowest BCUT2D eigenvalue weighted by molar-refractivity contribution is -0.129. The van der Waals surface area contributed by atoms with Gasteiger partial charge in [-0.25, -0.2) is 9.79 Å². The van der Waals surface area contributed by atoms with Crippen molar-refractivity contribution in [3.8, 4) is 17.2 Å². The van der Waals surface area contributed by atoms with Crippen molar-refractivity contribution < 1.29 is 23.7 Å². The molecule has 3 rings (SSSR count). The average molecular weight is 381 g/mol. The summed E-state index contributed by atoms with van der Waals surface area (Å²) in [4.78, 5) is 16.6. The smallest absolute Gasteiger partial charge is 0.363 e. The van der Waals surface area contributed by atoms with E-state index in [1.165, 1.54) is 0 Å². The number of carbonyl (C=O) groups is 1. The number of aliphatic imine (C=N–C) groups is 1. The van der Waals surface area contributed by atoms with Gasteiger partial charge >= 0.3 is 5.97 Å². The maximum Gasteiger partial charge on any atom is 0.363 e. The number of ether oxygens (including phenoxy) is 4. The SMILES string of the molecule is CCCCOc1ccc(C2=N/C(=C\c3cccc(OC)c3OC)C(=O)O2)cc1. The minimum absolute atomic E-state index is 0.199. The number of unbranched alkanes of at least 4 members (excludes halogenated alkanes) is 1. The number of benzene rings is 2. The number of cyclic esters (lactones) is 1. The van der Waals surface area contributed by atoms with Gasteiger partial charge in [-0.05, 0) is 42.8 Å². The molecule has 146 valence electrons. The Kier molecular flexibility index (Phi) is 6.32. The monoisotopic (exact) mass is 381 g/mol. The van der Waals surface area contributed by atoms with Crippen LogP contribution in [0.25, 0.3) is 6.08 Å². The summed E-state index contributed by atoms with van der Waals surface area (Å²) in [5, 5.41) is 0. The average Bonchev–Trinajstić information content (AvgIpc) is 3.08. The van der Waals surface area contributed by atoms with Crippen molar-refractivity contribution in [3.05, 3.63) is 59.3 Å². The highest BCUT2D eigenvalue weighted by atomic mass is 16.6. The molecule has 28 heavy (non-hydrogen) atoms. The number of carbonyl (C=O) groups excluding carboxylic acids is 1. The first-order valence-corrected chi connectivity index (χ1v) is 9.13. The zero-order valence-electron chi connectivity index (χ0n) is 16.2. The molecule has 1 aliphatic heterocycles. The number of nitrogens with zero attached hydrogens (tertiary/aromatic N) is 1. The van der Waals surface area contributed by atoms with Crippen molar-refractivity contribution in [2.45, 2.75) is 19.8 Å². The molecule has 0 unspecified atom stereocenters. The van der Waals surface area contributed by atoms with E-state index < -0.39 is 5.97 Å². The second-order valence-electron chi connectivity index (χ2n) is 6.15. The van der Waals surface area contributed by atoms with Crippen LogP contribution >= 0.6 is 0 Å². The molecule has 0 aliphatic carbocycles. The molecule has 1 aliphatic rings. The van der Waals surface area contributed by atoms with E-state index in [-0.39, 0.29) is 11.6 Å². The van der Waals surface area contributed by atoms with E-state index in [4.69, 9.17) is 18.9 Å². The third-order valence-corrected chi connectivity index (χ3v) is 4.21. The first-order chi connectivity index (χ1) is 13.7. The van der Waals surface area contributed by atoms with E-state index in [0.29, 0.717) is 29.2 Å². The molecule has 0 radical (unpaired) electrons. The van der Waals surface area contributed by atoms with Gasteiger partial charge in [0.15, 0.2) is 17.2 Å². The van der Waals surface area contributed by atoms with Crippen LogP contribution < -0.4 is 14.2 Å². The van der Waals surface area contributed by atoms with Crippen molar-refractivity contribution >= 4 is 17.9 Å². The van der Waals surface area contributed by atoms with Gasteiger partial charge in [-0.3, -0.25) is 0 Å². The lowest BCUT2D eigenvalue weighted by Crippen LogP contribution is -2.05. The van der Waals surface area contributed by atoms with Gasteiger partial charge in [0.25, 0.3) is 0 Å². The summed E-state index contributed by atoms with van der Waals surface area (Å²) in [5.74, 6) is 1.63. The standard InChI is InChI=1S/C22H23NO5/c1-4-5-13-27-17-11-9-15(10-12-17)21-23-18(22(24)28-21)14-16-7-6-8-19(25-2)20(16)26-3/h6-12,14H,4-5,13H2,1-3H3/b18-14-. The van der Waals surface area contributed by atoms with Gasteiger partial charge in [0, 0.05) is 11.1 Å². The van der Waals surface area contributed by atoms with E-state index in [0.717, 1.165) is 18.6 Å². The van der Waals surface area contributed by atoms with Crippen molar-refractivity contribution in [2.24, 2.45) is 4.99 Å². The molecule has 6 nitrogen and oxygen atoms in total. The highest BCUT2D eigenvalue weighted by Crippen LogP contribution is 2.33. The molecule has 0 atom stereocenters. The predicted octanol–water partition coefficient (Wildman–Crippen LogP) is 4.23. The highest BCUT2D eigenvalue weighted by Gasteiger charge is 2.25. The Morgan fingerprint density at radius 2 is 1.86 bits per heavy atom.